The number of hydrogen-bond acceptors (Lipinski definition) is 3. The maximum atomic E-state index is 13.5. The molecule has 3 saturated carbocycles. The van der Waals surface area contributed by atoms with E-state index in [0.29, 0.717) is 17.3 Å². The zero-order valence-electron chi connectivity index (χ0n) is 21.4. The first kappa shape index (κ1) is 23.4. The first-order valence-corrected chi connectivity index (χ1v) is 13.1. The summed E-state index contributed by atoms with van der Waals surface area (Å²) in [6.45, 7) is 8.75. The van der Waals surface area contributed by atoms with Crippen LogP contribution in [-0.2, 0) is 15.1 Å². The lowest BCUT2D eigenvalue weighted by Crippen LogP contribution is -2.61. The summed E-state index contributed by atoms with van der Waals surface area (Å²) in [5.74, 6) is 2.28. The summed E-state index contributed by atoms with van der Waals surface area (Å²) in [5, 5.41) is 6.38. The molecule has 2 amide bonds. The van der Waals surface area contributed by atoms with E-state index in [4.69, 9.17) is 4.74 Å². The number of nitrogens with one attached hydrogen (secondary N) is 2. The second kappa shape index (κ2) is 8.13. The molecule has 1 unspecified atom stereocenters. The number of carbonyl (C=O) groups is 2. The number of hydrogen-bond donors (Lipinski definition) is 2. The van der Waals surface area contributed by atoms with Gasteiger partial charge in [-0.1, -0.05) is 38.5 Å². The smallest absolute Gasteiger partial charge is 0.257 e. The largest absolute Gasteiger partial charge is 0.497 e. The topological polar surface area (TPSA) is 67.4 Å². The minimum absolute atomic E-state index is 0.123. The summed E-state index contributed by atoms with van der Waals surface area (Å²) >= 11 is 0. The van der Waals surface area contributed by atoms with Gasteiger partial charge in [-0.25, -0.2) is 0 Å². The predicted molar refractivity (Wildman–Crippen MR) is 133 cm³/mol. The zero-order valence-corrected chi connectivity index (χ0v) is 21.4. The van der Waals surface area contributed by atoms with Gasteiger partial charge in [-0.3, -0.25) is 9.59 Å². The van der Waals surface area contributed by atoms with Gasteiger partial charge in [0.05, 0.1) is 12.6 Å². The lowest BCUT2D eigenvalue weighted by atomic mass is 9.48. The molecular weight excluding hydrogens is 424 g/mol. The van der Waals surface area contributed by atoms with E-state index in [0.717, 1.165) is 23.7 Å². The van der Waals surface area contributed by atoms with E-state index in [-0.39, 0.29) is 28.8 Å². The maximum Gasteiger partial charge on any atom is 0.257 e. The van der Waals surface area contributed by atoms with Gasteiger partial charge < -0.3 is 15.4 Å². The van der Waals surface area contributed by atoms with Crippen molar-refractivity contribution in [2.45, 2.75) is 84.2 Å². The number of rotatable bonds is 4. The number of carbonyl (C=O) groups excluding carboxylic acids is 2. The summed E-state index contributed by atoms with van der Waals surface area (Å²) in [7, 11) is 1.64. The Labute approximate surface area is 204 Å². The Balaban J connectivity index is 1.41. The van der Waals surface area contributed by atoms with Gasteiger partial charge in [-0.15, -0.1) is 0 Å². The normalized spacial score (nSPS) is 37.0. The number of ether oxygens (including phenoxy) is 1. The molecule has 1 aromatic rings. The molecule has 0 bridgehead atoms. The van der Waals surface area contributed by atoms with E-state index in [1.165, 1.54) is 38.5 Å². The van der Waals surface area contributed by atoms with Crippen molar-refractivity contribution in [3.8, 4) is 5.75 Å². The van der Waals surface area contributed by atoms with Crippen LogP contribution in [0.2, 0.25) is 0 Å². The molecule has 1 aromatic carbocycles. The fourth-order valence-electron chi connectivity index (χ4n) is 8.03. The minimum Gasteiger partial charge on any atom is -0.497 e. The SMILES string of the molecule is COc1ccc(C(C)(C)NC(=O)C2=C[C@@]3(C)C(CC[C@@H]4[C@H]3CC[C@]3(C)CCC[C@@H]43)NC2=O)cc1. The number of fused-ring (bicyclic) bond motifs is 5. The molecule has 5 nitrogen and oxygen atoms in total. The van der Waals surface area contributed by atoms with E-state index in [1.54, 1.807) is 7.11 Å². The third-order valence-corrected chi connectivity index (χ3v) is 10.0. The van der Waals surface area contributed by atoms with Gasteiger partial charge in [-0.2, -0.15) is 0 Å². The monoisotopic (exact) mass is 464 g/mol. The molecule has 3 aliphatic carbocycles. The van der Waals surface area contributed by atoms with Gasteiger partial charge in [-0.05, 0) is 93.2 Å². The molecule has 34 heavy (non-hydrogen) atoms. The second-order valence-corrected chi connectivity index (χ2v) is 12.3. The molecule has 5 rings (SSSR count). The van der Waals surface area contributed by atoms with Gasteiger partial charge in [0.1, 0.15) is 11.3 Å². The Morgan fingerprint density at radius 1 is 1.06 bits per heavy atom. The van der Waals surface area contributed by atoms with Crippen LogP contribution in [0.1, 0.15) is 78.2 Å². The van der Waals surface area contributed by atoms with E-state index < -0.39 is 5.54 Å². The van der Waals surface area contributed by atoms with Crippen molar-refractivity contribution in [1.29, 1.82) is 0 Å². The van der Waals surface area contributed by atoms with Crippen molar-refractivity contribution in [1.82, 2.24) is 10.6 Å². The Morgan fingerprint density at radius 3 is 2.50 bits per heavy atom. The minimum atomic E-state index is -0.617. The van der Waals surface area contributed by atoms with Crippen LogP contribution >= 0.6 is 0 Å². The van der Waals surface area contributed by atoms with Crippen LogP contribution < -0.4 is 15.4 Å². The molecule has 2 N–H and O–H groups in total. The molecule has 5 heteroatoms. The van der Waals surface area contributed by atoms with Crippen LogP contribution in [0.25, 0.3) is 0 Å². The van der Waals surface area contributed by atoms with Crippen molar-refractivity contribution >= 4 is 11.8 Å². The van der Waals surface area contributed by atoms with Gasteiger partial charge in [0, 0.05) is 11.5 Å². The lowest BCUT2D eigenvalue weighted by molar-refractivity contribution is -0.128. The fourth-order valence-corrected chi connectivity index (χ4v) is 8.03. The van der Waals surface area contributed by atoms with E-state index >= 15 is 0 Å². The van der Waals surface area contributed by atoms with Crippen molar-refractivity contribution < 1.29 is 14.3 Å². The number of benzene rings is 1. The molecule has 6 atom stereocenters. The highest BCUT2D eigenvalue weighted by atomic mass is 16.5. The standard InChI is InChI=1S/C29H40N2O3/c1-27(2,18-8-10-19(34-5)11-9-18)31-26(33)21-17-29(4)23-14-16-28(3)15-6-7-22(28)20(23)12-13-24(29)30-25(21)32/h8-11,17,20,22-24H,6-7,12-16H2,1-5H3,(H,30,32)(H,31,33)/t20-,22-,23+,24?,28-,29+/m0/s1. The first-order valence-electron chi connectivity index (χ1n) is 13.1. The van der Waals surface area contributed by atoms with Crippen LogP contribution in [-0.4, -0.2) is 25.0 Å². The molecular formula is C29H40N2O3. The molecule has 0 saturated heterocycles. The third kappa shape index (κ3) is 3.67. The van der Waals surface area contributed by atoms with Crippen LogP contribution in [0.15, 0.2) is 35.9 Å². The summed E-state index contributed by atoms with van der Waals surface area (Å²) in [6.07, 6.45) is 10.8. The summed E-state index contributed by atoms with van der Waals surface area (Å²) in [6, 6.07) is 7.82. The van der Waals surface area contributed by atoms with Crippen molar-refractivity contribution in [3.05, 3.63) is 41.5 Å². The van der Waals surface area contributed by atoms with E-state index in [9.17, 15) is 9.59 Å². The van der Waals surface area contributed by atoms with Crippen LogP contribution in [0.4, 0.5) is 0 Å². The van der Waals surface area contributed by atoms with Gasteiger partial charge >= 0.3 is 0 Å². The van der Waals surface area contributed by atoms with Gasteiger partial charge in [0.25, 0.3) is 11.8 Å². The Morgan fingerprint density at radius 2 is 1.79 bits per heavy atom. The molecule has 184 valence electrons. The Hall–Kier alpha value is -2.30. The quantitative estimate of drug-likeness (QED) is 0.609. The van der Waals surface area contributed by atoms with Crippen LogP contribution in [0, 0.1) is 28.6 Å². The highest BCUT2D eigenvalue weighted by Crippen LogP contribution is 2.63. The number of amides is 2. The molecule has 3 fully saturated rings. The average Bonchev–Trinajstić information content (AvgIpc) is 3.20. The molecule has 0 radical (unpaired) electrons. The fraction of sp³-hybridized carbons (Fsp3) is 0.655. The van der Waals surface area contributed by atoms with Crippen LogP contribution in [0.5, 0.6) is 5.75 Å². The lowest BCUT2D eigenvalue weighted by Gasteiger charge is -2.58. The number of methoxy groups -OCH3 is 1. The summed E-state index contributed by atoms with van der Waals surface area (Å²) < 4.78 is 5.26. The average molecular weight is 465 g/mol. The molecule has 0 aromatic heterocycles. The van der Waals surface area contributed by atoms with Crippen molar-refractivity contribution in [2.75, 3.05) is 7.11 Å². The second-order valence-electron chi connectivity index (χ2n) is 12.3. The molecule has 4 aliphatic rings. The highest BCUT2D eigenvalue weighted by Gasteiger charge is 2.58. The predicted octanol–water partition coefficient (Wildman–Crippen LogP) is 5.10. The Bertz CT molecular complexity index is 1010. The van der Waals surface area contributed by atoms with E-state index in [1.807, 2.05) is 38.1 Å². The third-order valence-electron chi connectivity index (χ3n) is 10.0. The highest BCUT2D eigenvalue weighted by molar-refractivity contribution is 6.19. The van der Waals surface area contributed by atoms with Crippen molar-refractivity contribution in [2.24, 2.45) is 28.6 Å². The summed E-state index contributed by atoms with van der Waals surface area (Å²) in [4.78, 5) is 26.5. The van der Waals surface area contributed by atoms with Crippen LogP contribution in [0.3, 0.4) is 0 Å². The van der Waals surface area contributed by atoms with E-state index in [2.05, 4.69) is 30.6 Å². The molecule has 0 spiro atoms. The van der Waals surface area contributed by atoms with Crippen molar-refractivity contribution in [3.63, 3.8) is 0 Å². The maximum absolute atomic E-state index is 13.5. The summed E-state index contributed by atoms with van der Waals surface area (Å²) in [5.41, 5.74) is 0.953. The first-order chi connectivity index (χ1) is 16.1. The van der Waals surface area contributed by atoms with Gasteiger partial charge in [0.2, 0.25) is 0 Å². The Kier molecular flexibility index (Phi) is 5.61. The molecule has 1 aliphatic heterocycles. The van der Waals surface area contributed by atoms with Gasteiger partial charge in [0.15, 0.2) is 0 Å². The molecule has 1 heterocycles. The zero-order chi connectivity index (χ0) is 24.3.